The predicted molar refractivity (Wildman–Crippen MR) is 90.4 cm³/mol. The van der Waals surface area contributed by atoms with E-state index in [9.17, 15) is 9.59 Å². The average Bonchev–Trinajstić information content (AvgIpc) is 2.60. The summed E-state index contributed by atoms with van der Waals surface area (Å²) in [5.41, 5.74) is 1.65. The summed E-state index contributed by atoms with van der Waals surface area (Å²) < 4.78 is 5.08. The second-order valence-corrected chi connectivity index (χ2v) is 5.55. The Morgan fingerprint density at radius 1 is 0.957 bits per heavy atom. The molecule has 0 N–H and O–H groups in total. The molecule has 2 unspecified atom stereocenters. The van der Waals surface area contributed by atoms with Gasteiger partial charge in [0.05, 0.1) is 13.0 Å². The number of ketones is 1. The summed E-state index contributed by atoms with van der Waals surface area (Å²) >= 11 is 0. The minimum absolute atomic E-state index is 0.0451. The molecule has 0 heterocycles. The van der Waals surface area contributed by atoms with E-state index in [-0.39, 0.29) is 30.0 Å². The fraction of sp³-hybridized carbons (Fsp3) is 0.300. The highest BCUT2D eigenvalue weighted by Gasteiger charge is 2.28. The summed E-state index contributed by atoms with van der Waals surface area (Å²) in [5, 5.41) is 0. The maximum absolute atomic E-state index is 12.7. The van der Waals surface area contributed by atoms with Crippen molar-refractivity contribution in [1.29, 1.82) is 0 Å². The van der Waals surface area contributed by atoms with Crippen molar-refractivity contribution < 1.29 is 14.3 Å². The van der Waals surface area contributed by atoms with Gasteiger partial charge in [0, 0.05) is 17.4 Å². The van der Waals surface area contributed by atoms with Crippen LogP contribution < -0.4 is 0 Å². The lowest BCUT2D eigenvalue weighted by Gasteiger charge is -2.23. The third kappa shape index (κ3) is 4.52. The molecule has 0 aliphatic rings. The topological polar surface area (TPSA) is 43.4 Å². The van der Waals surface area contributed by atoms with Crippen LogP contribution in [-0.2, 0) is 9.53 Å². The van der Waals surface area contributed by atoms with E-state index in [1.807, 2.05) is 67.6 Å². The number of hydrogen-bond acceptors (Lipinski definition) is 3. The summed E-state index contributed by atoms with van der Waals surface area (Å²) in [4.78, 5) is 24.7. The molecule has 2 atom stereocenters. The van der Waals surface area contributed by atoms with Crippen LogP contribution in [0.3, 0.4) is 0 Å². The minimum Gasteiger partial charge on any atom is -0.466 e. The van der Waals surface area contributed by atoms with E-state index >= 15 is 0 Å². The van der Waals surface area contributed by atoms with Crippen LogP contribution in [-0.4, -0.2) is 18.4 Å². The lowest BCUT2D eigenvalue weighted by Crippen LogP contribution is -2.23. The van der Waals surface area contributed by atoms with Gasteiger partial charge in [0.25, 0.3) is 0 Å². The van der Waals surface area contributed by atoms with Crippen molar-refractivity contribution in [2.24, 2.45) is 5.92 Å². The zero-order valence-electron chi connectivity index (χ0n) is 13.6. The molecule has 0 radical (unpaired) electrons. The molecule has 2 aromatic carbocycles. The third-order valence-corrected chi connectivity index (χ3v) is 4.00. The smallest absolute Gasteiger partial charge is 0.306 e. The van der Waals surface area contributed by atoms with Crippen LogP contribution in [0.4, 0.5) is 0 Å². The number of esters is 1. The number of carbonyl (C=O) groups is 2. The summed E-state index contributed by atoms with van der Waals surface area (Å²) in [6.45, 7) is 4.02. The molecular formula is C20H22O3. The molecule has 0 saturated carbocycles. The number of ether oxygens (including phenoxy) is 1. The van der Waals surface area contributed by atoms with Crippen molar-refractivity contribution in [1.82, 2.24) is 0 Å². The van der Waals surface area contributed by atoms with Crippen molar-refractivity contribution >= 4 is 11.8 Å². The molecule has 0 fully saturated rings. The Balaban J connectivity index is 2.25. The molecule has 120 valence electrons. The van der Waals surface area contributed by atoms with E-state index in [1.54, 1.807) is 6.92 Å². The largest absolute Gasteiger partial charge is 0.466 e. The molecule has 0 amide bonds. The van der Waals surface area contributed by atoms with Crippen molar-refractivity contribution in [3.63, 3.8) is 0 Å². The summed E-state index contributed by atoms with van der Waals surface area (Å²) in [5.74, 6) is -0.718. The van der Waals surface area contributed by atoms with Crippen LogP contribution in [0.1, 0.15) is 42.1 Å². The van der Waals surface area contributed by atoms with Crippen molar-refractivity contribution in [2.75, 3.05) is 6.61 Å². The molecule has 2 aromatic rings. The standard InChI is InChI=1S/C20H22O3/c1-3-23-19(21)14-18(16-10-6-4-7-11-16)15(2)20(22)17-12-8-5-9-13-17/h4-13,15,18H,3,14H2,1-2H3. The normalized spacial score (nSPS) is 13.1. The number of carbonyl (C=O) groups excluding carboxylic acids is 2. The van der Waals surface area contributed by atoms with E-state index in [0.29, 0.717) is 12.2 Å². The molecule has 23 heavy (non-hydrogen) atoms. The van der Waals surface area contributed by atoms with Gasteiger partial charge in [-0.25, -0.2) is 0 Å². The molecule has 0 aromatic heterocycles. The molecule has 0 aliphatic heterocycles. The van der Waals surface area contributed by atoms with Crippen LogP contribution in [0.2, 0.25) is 0 Å². The van der Waals surface area contributed by atoms with Crippen molar-refractivity contribution in [2.45, 2.75) is 26.2 Å². The fourth-order valence-corrected chi connectivity index (χ4v) is 2.73. The number of hydrogen-bond donors (Lipinski definition) is 0. The minimum atomic E-state index is -0.302. The van der Waals surface area contributed by atoms with Gasteiger partial charge < -0.3 is 4.74 Å². The second kappa shape index (κ2) is 8.28. The maximum atomic E-state index is 12.7. The first-order chi connectivity index (χ1) is 11.1. The summed E-state index contributed by atoms with van der Waals surface area (Å²) in [6, 6.07) is 18.9. The second-order valence-electron chi connectivity index (χ2n) is 5.55. The lowest BCUT2D eigenvalue weighted by molar-refractivity contribution is -0.143. The molecule has 0 spiro atoms. The number of benzene rings is 2. The molecule has 0 bridgehead atoms. The van der Waals surface area contributed by atoms with Gasteiger partial charge in [-0.3, -0.25) is 9.59 Å². The Labute approximate surface area is 137 Å². The van der Waals surface area contributed by atoms with Crippen LogP contribution in [0.5, 0.6) is 0 Å². The van der Waals surface area contributed by atoms with Gasteiger partial charge in [0.15, 0.2) is 5.78 Å². The zero-order valence-corrected chi connectivity index (χ0v) is 13.6. The van der Waals surface area contributed by atoms with Crippen LogP contribution in [0, 0.1) is 5.92 Å². The van der Waals surface area contributed by atoms with E-state index in [2.05, 4.69) is 0 Å². The van der Waals surface area contributed by atoms with Gasteiger partial charge in [-0.1, -0.05) is 67.6 Å². The number of rotatable bonds is 7. The highest BCUT2D eigenvalue weighted by Crippen LogP contribution is 2.31. The first-order valence-corrected chi connectivity index (χ1v) is 7.93. The lowest BCUT2D eigenvalue weighted by atomic mass is 9.80. The van der Waals surface area contributed by atoms with Gasteiger partial charge in [0.1, 0.15) is 0 Å². The van der Waals surface area contributed by atoms with Gasteiger partial charge in [-0.15, -0.1) is 0 Å². The molecular weight excluding hydrogens is 288 g/mol. The Morgan fingerprint density at radius 2 is 1.52 bits per heavy atom. The van der Waals surface area contributed by atoms with E-state index in [4.69, 9.17) is 4.74 Å². The Morgan fingerprint density at radius 3 is 2.09 bits per heavy atom. The van der Waals surface area contributed by atoms with Crippen LogP contribution in [0.15, 0.2) is 60.7 Å². The molecule has 0 saturated heterocycles. The molecule has 0 aliphatic carbocycles. The van der Waals surface area contributed by atoms with Gasteiger partial charge >= 0.3 is 5.97 Å². The van der Waals surface area contributed by atoms with E-state index in [0.717, 1.165) is 5.56 Å². The summed E-state index contributed by atoms with van der Waals surface area (Å²) in [7, 11) is 0. The van der Waals surface area contributed by atoms with E-state index < -0.39 is 0 Å². The first kappa shape index (κ1) is 16.9. The van der Waals surface area contributed by atoms with Crippen molar-refractivity contribution in [3.8, 4) is 0 Å². The summed E-state index contributed by atoms with van der Waals surface area (Å²) in [6.07, 6.45) is 0.206. The molecule has 3 heteroatoms. The SMILES string of the molecule is CCOC(=O)CC(c1ccccc1)C(C)C(=O)c1ccccc1. The predicted octanol–water partition coefficient (Wildman–Crippen LogP) is 4.24. The van der Waals surface area contributed by atoms with Crippen LogP contribution in [0.25, 0.3) is 0 Å². The number of Topliss-reactive ketones (excluding diaryl/α,β-unsaturated/α-hetero) is 1. The third-order valence-electron chi connectivity index (χ3n) is 4.00. The highest BCUT2D eigenvalue weighted by atomic mass is 16.5. The molecule has 2 rings (SSSR count). The van der Waals surface area contributed by atoms with Crippen molar-refractivity contribution in [3.05, 3.63) is 71.8 Å². The van der Waals surface area contributed by atoms with Gasteiger partial charge in [-0.05, 0) is 12.5 Å². The fourth-order valence-electron chi connectivity index (χ4n) is 2.73. The Kier molecular flexibility index (Phi) is 6.10. The average molecular weight is 310 g/mol. The van der Waals surface area contributed by atoms with Gasteiger partial charge in [0.2, 0.25) is 0 Å². The highest BCUT2D eigenvalue weighted by molar-refractivity contribution is 5.98. The maximum Gasteiger partial charge on any atom is 0.306 e. The Bertz CT molecular complexity index is 634. The Hall–Kier alpha value is -2.42. The monoisotopic (exact) mass is 310 g/mol. The first-order valence-electron chi connectivity index (χ1n) is 7.93. The molecule has 3 nitrogen and oxygen atoms in total. The van der Waals surface area contributed by atoms with E-state index in [1.165, 1.54) is 0 Å². The van der Waals surface area contributed by atoms with Crippen LogP contribution >= 0.6 is 0 Å². The van der Waals surface area contributed by atoms with Gasteiger partial charge in [-0.2, -0.15) is 0 Å². The zero-order chi connectivity index (χ0) is 16.7. The quantitative estimate of drug-likeness (QED) is 0.567.